The maximum absolute atomic E-state index is 11.0. The molecule has 0 amide bonds. The van der Waals surface area contributed by atoms with Gasteiger partial charge in [-0.3, -0.25) is 4.79 Å². The molecule has 5 nitrogen and oxygen atoms in total. The summed E-state index contributed by atoms with van der Waals surface area (Å²) in [5, 5.41) is 15.1. The summed E-state index contributed by atoms with van der Waals surface area (Å²) in [7, 11) is 0. The molecule has 1 aromatic carbocycles. The van der Waals surface area contributed by atoms with Gasteiger partial charge in [0.15, 0.2) is 5.65 Å². The van der Waals surface area contributed by atoms with E-state index in [1.54, 1.807) is 4.52 Å². The van der Waals surface area contributed by atoms with Gasteiger partial charge in [0.1, 0.15) is 5.03 Å². The molecule has 0 unspecified atom stereocenters. The zero-order chi connectivity index (χ0) is 19.1. The van der Waals surface area contributed by atoms with E-state index in [1.807, 2.05) is 37.3 Å². The van der Waals surface area contributed by atoms with Crippen molar-refractivity contribution in [3.8, 4) is 11.1 Å². The van der Waals surface area contributed by atoms with Crippen LogP contribution in [0, 0.1) is 6.92 Å². The van der Waals surface area contributed by atoms with E-state index in [2.05, 4.69) is 25.9 Å². The molecular weight excluding hydrogens is 370 g/mol. The first-order valence-electron chi connectivity index (χ1n) is 8.18. The monoisotopic (exact) mass is 389 g/mol. The van der Waals surface area contributed by atoms with Crippen molar-refractivity contribution in [2.75, 3.05) is 5.75 Å². The van der Waals surface area contributed by atoms with Crippen LogP contribution in [0.5, 0.6) is 0 Å². The first-order chi connectivity index (χ1) is 12.2. The van der Waals surface area contributed by atoms with Crippen LogP contribution >= 0.6 is 23.4 Å². The highest BCUT2D eigenvalue weighted by atomic mass is 35.5. The summed E-state index contributed by atoms with van der Waals surface area (Å²) in [5.41, 5.74) is 4.20. The van der Waals surface area contributed by atoms with Crippen molar-refractivity contribution in [1.82, 2.24) is 14.6 Å². The Kier molecular flexibility index (Phi) is 4.99. The van der Waals surface area contributed by atoms with Crippen LogP contribution in [0.3, 0.4) is 0 Å². The Morgan fingerprint density at radius 2 is 1.92 bits per heavy atom. The van der Waals surface area contributed by atoms with Crippen molar-refractivity contribution in [2.24, 2.45) is 0 Å². The summed E-state index contributed by atoms with van der Waals surface area (Å²) < 4.78 is 1.74. The van der Waals surface area contributed by atoms with Gasteiger partial charge in [0.05, 0.1) is 17.1 Å². The van der Waals surface area contributed by atoms with Crippen molar-refractivity contribution in [3.05, 3.63) is 46.7 Å². The predicted octanol–water partition coefficient (Wildman–Crippen LogP) is 4.83. The number of hydrogen-bond acceptors (Lipinski definition) is 4. The number of hydrogen-bond donors (Lipinski definition) is 1. The van der Waals surface area contributed by atoms with E-state index in [9.17, 15) is 4.79 Å². The number of carbonyl (C=O) groups is 1. The molecule has 7 heteroatoms. The summed E-state index contributed by atoms with van der Waals surface area (Å²) in [6, 6.07) is 9.50. The quantitative estimate of drug-likeness (QED) is 0.511. The minimum Gasteiger partial charge on any atom is -0.481 e. The molecular formula is C19H20ClN3O2S. The molecule has 0 aliphatic rings. The van der Waals surface area contributed by atoms with Gasteiger partial charge in [0.25, 0.3) is 0 Å². The minimum absolute atomic E-state index is 0.0299. The Bertz CT molecular complexity index is 975. The SMILES string of the molecule is Cc1nn2c(SCC(=O)O)cc(C(C)(C)C)nc2c1-c1ccc(Cl)cc1. The molecule has 0 spiro atoms. The van der Waals surface area contributed by atoms with Gasteiger partial charge in [-0.15, -0.1) is 0 Å². The van der Waals surface area contributed by atoms with E-state index < -0.39 is 5.97 Å². The second kappa shape index (κ2) is 6.93. The Labute approximate surface area is 161 Å². The average molecular weight is 390 g/mol. The van der Waals surface area contributed by atoms with Gasteiger partial charge in [0, 0.05) is 16.0 Å². The van der Waals surface area contributed by atoms with Gasteiger partial charge in [-0.05, 0) is 30.7 Å². The lowest BCUT2D eigenvalue weighted by molar-refractivity contribution is -0.133. The van der Waals surface area contributed by atoms with Gasteiger partial charge >= 0.3 is 5.97 Å². The van der Waals surface area contributed by atoms with E-state index in [0.29, 0.717) is 5.02 Å². The number of halogens is 1. The number of thioether (sulfide) groups is 1. The third-order valence-electron chi connectivity index (χ3n) is 3.98. The minimum atomic E-state index is -0.862. The average Bonchev–Trinajstić information content (AvgIpc) is 2.88. The van der Waals surface area contributed by atoms with Gasteiger partial charge in [-0.2, -0.15) is 5.10 Å². The van der Waals surface area contributed by atoms with Gasteiger partial charge < -0.3 is 5.11 Å². The predicted molar refractivity (Wildman–Crippen MR) is 105 cm³/mol. The van der Waals surface area contributed by atoms with E-state index >= 15 is 0 Å². The Hall–Kier alpha value is -2.05. The highest BCUT2D eigenvalue weighted by molar-refractivity contribution is 7.99. The third-order valence-corrected chi connectivity index (χ3v) is 5.21. The maximum atomic E-state index is 11.0. The van der Waals surface area contributed by atoms with Crippen molar-refractivity contribution < 1.29 is 9.90 Å². The number of nitrogens with zero attached hydrogens (tertiary/aromatic N) is 3. The molecule has 0 bridgehead atoms. The molecule has 3 aromatic rings. The second-order valence-electron chi connectivity index (χ2n) is 7.11. The number of aliphatic carboxylic acids is 1. The molecule has 0 saturated carbocycles. The molecule has 0 radical (unpaired) electrons. The fraction of sp³-hybridized carbons (Fsp3) is 0.316. The molecule has 0 aliphatic heterocycles. The largest absolute Gasteiger partial charge is 0.481 e. The fourth-order valence-corrected chi connectivity index (χ4v) is 3.52. The van der Waals surface area contributed by atoms with Crippen LogP contribution in [-0.4, -0.2) is 31.4 Å². The Morgan fingerprint density at radius 3 is 2.50 bits per heavy atom. The number of aryl methyl sites for hydroxylation is 1. The normalized spacial score (nSPS) is 11.9. The lowest BCUT2D eigenvalue weighted by Gasteiger charge is -2.19. The maximum Gasteiger partial charge on any atom is 0.313 e. The van der Waals surface area contributed by atoms with Crippen LogP contribution in [0.25, 0.3) is 16.8 Å². The molecule has 1 N–H and O–H groups in total. The number of rotatable bonds is 4. The zero-order valence-electron chi connectivity index (χ0n) is 15.1. The molecule has 3 rings (SSSR count). The van der Waals surface area contributed by atoms with Crippen LogP contribution in [0.1, 0.15) is 32.2 Å². The summed E-state index contributed by atoms with van der Waals surface area (Å²) in [6.45, 7) is 8.19. The van der Waals surface area contributed by atoms with Crippen LogP contribution < -0.4 is 0 Å². The first kappa shape index (κ1) is 18.7. The number of benzene rings is 1. The summed E-state index contributed by atoms with van der Waals surface area (Å²) >= 11 is 7.26. The van der Waals surface area contributed by atoms with Crippen LogP contribution in [-0.2, 0) is 10.2 Å². The van der Waals surface area contributed by atoms with Crippen LogP contribution in [0.15, 0.2) is 35.4 Å². The van der Waals surface area contributed by atoms with Crippen molar-refractivity contribution in [2.45, 2.75) is 38.1 Å². The molecule has 0 fully saturated rings. The van der Waals surface area contributed by atoms with Crippen molar-refractivity contribution >= 4 is 35.0 Å². The number of fused-ring (bicyclic) bond motifs is 1. The third kappa shape index (κ3) is 3.71. The molecule has 2 heterocycles. The summed E-state index contributed by atoms with van der Waals surface area (Å²) in [5.74, 6) is -0.892. The zero-order valence-corrected chi connectivity index (χ0v) is 16.6. The van der Waals surface area contributed by atoms with E-state index in [1.165, 1.54) is 11.8 Å². The topological polar surface area (TPSA) is 67.5 Å². The van der Waals surface area contributed by atoms with Crippen LogP contribution in [0.2, 0.25) is 5.02 Å². The molecule has 136 valence electrons. The smallest absolute Gasteiger partial charge is 0.313 e. The number of carboxylic acid groups (broad SMARTS) is 1. The Morgan fingerprint density at radius 1 is 1.27 bits per heavy atom. The molecule has 0 atom stereocenters. The molecule has 0 saturated heterocycles. The lowest BCUT2D eigenvalue weighted by Crippen LogP contribution is -2.15. The highest BCUT2D eigenvalue weighted by Crippen LogP contribution is 2.33. The number of carboxylic acids is 1. The fourth-order valence-electron chi connectivity index (χ4n) is 2.67. The molecule has 26 heavy (non-hydrogen) atoms. The van der Waals surface area contributed by atoms with E-state index in [4.69, 9.17) is 21.7 Å². The summed E-state index contributed by atoms with van der Waals surface area (Å²) in [6.07, 6.45) is 0. The van der Waals surface area contributed by atoms with Crippen molar-refractivity contribution in [3.63, 3.8) is 0 Å². The molecule has 2 aromatic heterocycles. The standard InChI is InChI=1S/C19H20ClN3O2S/c1-11-17(12-5-7-13(20)8-6-12)18-21-14(19(2,3)4)9-15(23(18)22-11)26-10-16(24)25/h5-9H,10H2,1-4H3,(H,24,25). The lowest BCUT2D eigenvalue weighted by atomic mass is 9.92. The summed E-state index contributed by atoms with van der Waals surface area (Å²) in [4.78, 5) is 15.9. The van der Waals surface area contributed by atoms with Crippen LogP contribution in [0.4, 0.5) is 0 Å². The number of aromatic nitrogens is 3. The van der Waals surface area contributed by atoms with Gasteiger partial charge in [0.2, 0.25) is 0 Å². The molecule has 0 aliphatic carbocycles. The van der Waals surface area contributed by atoms with Gasteiger partial charge in [-0.25, -0.2) is 9.50 Å². The second-order valence-corrected chi connectivity index (χ2v) is 8.55. The van der Waals surface area contributed by atoms with Crippen molar-refractivity contribution in [1.29, 1.82) is 0 Å². The highest BCUT2D eigenvalue weighted by Gasteiger charge is 2.22. The van der Waals surface area contributed by atoms with Gasteiger partial charge in [-0.1, -0.05) is 56.3 Å². The Balaban J connectivity index is 2.26. The van der Waals surface area contributed by atoms with E-state index in [-0.39, 0.29) is 11.2 Å². The first-order valence-corrected chi connectivity index (χ1v) is 9.54. The van der Waals surface area contributed by atoms with E-state index in [0.717, 1.165) is 33.2 Å².